The van der Waals surface area contributed by atoms with E-state index in [1.54, 1.807) is 11.0 Å². The zero-order valence-corrected chi connectivity index (χ0v) is 11.6. The summed E-state index contributed by atoms with van der Waals surface area (Å²) in [6.07, 6.45) is 2.28. The molecule has 7 heteroatoms. The van der Waals surface area contributed by atoms with Crippen LogP contribution in [0.3, 0.4) is 0 Å². The van der Waals surface area contributed by atoms with Crippen LogP contribution in [0.5, 0.6) is 0 Å². The predicted molar refractivity (Wildman–Crippen MR) is 69.1 cm³/mol. The van der Waals surface area contributed by atoms with Crippen molar-refractivity contribution in [3.8, 4) is 0 Å². The number of aryl methyl sites for hydroxylation is 1. The maximum Gasteiger partial charge on any atom is 0.262 e. The number of carbonyl (C=O) groups is 1. The van der Waals surface area contributed by atoms with Crippen LogP contribution in [0.15, 0.2) is 22.2 Å². The summed E-state index contributed by atoms with van der Waals surface area (Å²) in [5.74, 6) is 0.667. The second-order valence-electron chi connectivity index (χ2n) is 3.44. The maximum absolute atomic E-state index is 11.7. The predicted octanol–water partition coefficient (Wildman–Crippen LogP) is 1.61. The van der Waals surface area contributed by atoms with Gasteiger partial charge in [0.15, 0.2) is 5.82 Å². The Hall–Kier alpha value is -1.21. The summed E-state index contributed by atoms with van der Waals surface area (Å²) in [6, 6.07) is 1.86. The lowest BCUT2D eigenvalue weighted by atomic mass is 10.4. The summed E-state index contributed by atoms with van der Waals surface area (Å²) < 4.78 is 2.48. The van der Waals surface area contributed by atoms with Gasteiger partial charge in [-0.3, -0.25) is 9.48 Å². The Kier molecular flexibility index (Phi) is 3.90. The van der Waals surface area contributed by atoms with Gasteiger partial charge in [-0.25, -0.2) is 4.98 Å². The summed E-state index contributed by atoms with van der Waals surface area (Å²) >= 11 is 4.74. The Morgan fingerprint density at radius 3 is 3.06 bits per heavy atom. The molecule has 17 heavy (non-hydrogen) atoms. The van der Waals surface area contributed by atoms with Crippen LogP contribution in [-0.4, -0.2) is 27.2 Å². The van der Waals surface area contributed by atoms with Crippen molar-refractivity contribution < 1.29 is 4.79 Å². The van der Waals surface area contributed by atoms with Gasteiger partial charge in [-0.15, -0.1) is 11.3 Å². The molecule has 0 atom stereocenters. The van der Waals surface area contributed by atoms with E-state index in [9.17, 15) is 4.79 Å². The van der Waals surface area contributed by atoms with Crippen molar-refractivity contribution in [3.05, 3.63) is 32.9 Å². The van der Waals surface area contributed by atoms with Crippen LogP contribution < -0.4 is 5.32 Å². The van der Waals surface area contributed by atoms with Gasteiger partial charge < -0.3 is 5.32 Å². The lowest BCUT2D eigenvalue weighted by molar-refractivity contribution is 0.0957. The highest BCUT2D eigenvalue weighted by Crippen LogP contribution is 2.22. The van der Waals surface area contributed by atoms with Crippen molar-refractivity contribution in [1.29, 1.82) is 0 Å². The van der Waals surface area contributed by atoms with Gasteiger partial charge in [-0.05, 0) is 27.4 Å². The lowest BCUT2D eigenvalue weighted by Gasteiger charge is -2.01. The first-order chi connectivity index (χ1) is 8.16. The maximum atomic E-state index is 11.7. The van der Waals surface area contributed by atoms with Gasteiger partial charge in [0.05, 0.1) is 0 Å². The minimum Gasteiger partial charge on any atom is -0.351 e. The zero-order chi connectivity index (χ0) is 12.3. The SMILES string of the molecule is Cn1cnc(CCNC(=O)c2sccc2Br)n1. The van der Waals surface area contributed by atoms with Crippen LogP contribution in [0.2, 0.25) is 0 Å². The van der Waals surface area contributed by atoms with Crippen LogP contribution in [-0.2, 0) is 13.5 Å². The second-order valence-corrected chi connectivity index (χ2v) is 5.21. The fraction of sp³-hybridized carbons (Fsp3) is 0.300. The number of nitrogens with zero attached hydrogens (tertiary/aromatic N) is 3. The number of hydrogen-bond acceptors (Lipinski definition) is 4. The molecule has 0 aromatic carbocycles. The van der Waals surface area contributed by atoms with Gasteiger partial charge in [-0.1, -0.05) is 0 Å². The molecule has 0 aliphatic rings. The molecule has 0 spiro atoms. The molecule has 0 fully saturated rings. The summed E-state index contributed by atoms with van der Waals surface area (Å²) in [5, 5.41) is 8.85. The highest BCUT2D eigenvalue weighted by molar-refractivity contribution is 9.10. The van der Waals surface area contributed by atoms with Crippen LogP contribution >= 0.6 is 27.3 Å². The van der Waals surface area contributed by atoms with Gasteiger partial charge >= 0.3 is 0 Å². The van der Waals surface area contributed by atoms with E-state index in [-0.39, 0.29) is 5.91 Å². The minimum atomic E-state index is -0.0668. The molecular formula is C10H11BrN4OS. The third-order valence-electron chi connectivity index (χ3n) is 2.10. The molecule has 1 amide bonds. The van der Waals surface area contributed by atoms with E-state index in [0.717, 1.165) is 10.3 Å². The third-order valence-corrected chi connectivity index (χ3v) is 3.94. The Morgan fingerprint density at radius 1 is 1.65 bits per heavy atom. The monoisotopic (exact) mass is 314 g/mol. The molecule has 2 rings (SSSR count). The zero-order valence-electron chi connectivity index (χ0n) is 9.18. The quantitative estimate of drug-likeness (QED) is 0.932. The molecule has 0 radical (unpaired) electrons. The summed E-state index contributed by atoms with van der Waals surface area (Å²) in [5.41, 5.74) is 0. The summed E-state index contributed by atoms with van der Waals surface area (Å²) in [4.78, 5) is 16.5. The molecule has 1 N–H and O–H groups in total. The highest BCUT2D eigenvalue weighted by atomic mass is 79.9. The van der Waals surface area contributed by atoms with E-state index in [4.69, 9.17) is 0 Å². The number of carbonyl (C=O) groups excluding carboxylic acids is 1. The molecular weight excluding hydrogens is 304 g/mol. The van der Waals surface area contributed by atoms with E-state index < -0.39 is 0 Å². The van der Waals surface area contributed by atoms with Crippen molar-refractivity contribution in [1.82, 2.24) is 20.1 Å². The van der Waals surface area contributed by atoms with Gasteiger partial charge in [0.25, 0.3) is 5.91 Å². The number of rotatable bonds is 4. The fourth-order valence-electron chi connectivity index (χ4n) is 1.32. The largest absolute Gasteiger partial charge is 0.351 e. The number of thiophene rings is 1. The first-order valence-electron chi connectivity index (χ1n) is 5.02. The second kappa shape index (κ2) is 5.42. The standard InChI is InChI=1S/C10H11BrN4OS/c1-15-6-13-8(14-15)2-4-12-10(16)9-7(11)3-5-17-9/h3,5-6H,2,4H2,1H3,(H,12,16). The highest BCUT2D eigenvalue weighted by Gasteiger charge is 2.10. The molecule has 0 bridgehead atoms. The molecule has 0 aliphatic heterocycles. The topological polar surface area (TPSA) is 59.8 Å². The van der Waals surface area contributed by atoms with Crippen LogP contribution in [0.25, 0.3) is 0 Å². The molecule has 2 aromatic heterocycles. The molecule has 90 valence electrons. The van der Waals surface area contributed by atoms with Gasteiger partial charge in [0, 0.05) is 24.5 Å². The van der Waals surface area contributed by atoms with Crippen molar-refractivity contribution in [2.75, 3.05) is 6.54 Å². The number of aromatic nitrogens is 3. The van der Waals surface area contributed by atoms with Crippen LogP contribution in [0.4, 0.5) is 0 Å². The first kappa shape index (κ1) is 12.3. The minimum absolute atomic E-state index is 0.0668. The molecule has 0 aliphatic carbocycles. The number of nitrogens with one attached hydrogen (secondary N) is 1. The molecule has 0 saturated heterocycles. The smallest absolute Gasteiger partial charge is 0.262 e. The molecule has 2 aromatic rings. The summed E-state index contributed by atoms with van der Waals surface area (Å²) in [7, 11) is 1.82. The molecule has 0 saturated carbocycles. The van der Waals surface area contributed by atoms with E-state index >= 15 is 0 Å². The van der Waals surface area contributed by atoms with Crippen molar-refractivity contribution in [2.45, 2.75) is 6.42 Å². The fourth-order valence-corrected chi connectivity index (χ4v) is 2.79. The van der Waals surface area contributed by atoms with Crippen molar-refractivity contribution in [2.24, 2.45) is 7.05 Å². The average molecular weight is 315 g/mol. The Labute approximate surface area is 111 Å². The van der Waals surface area contributed by atoms with Gasteiger partial charge in [-0.2, -0.15) is 5.10 Å². The Morgan fingerprint density at radius 2 is 2.47 bits per heavy atom. The lowest BCUT2D eigenvalue weighted by Crippen LogP contribution is -2.25. The average Bonchev–Trinajstić information content (AvgIpc) is 2.87. The molecule has 2 heterocycles. The van der Waals surface area contributed by atoms with Gasteiger partial charge in [0.1, 0.15) is 11.2 Å². The Bertz CT molecular complexity index is 522. The molecule has 5 nitrogen and oxygen atoms in total. The van der Waals surface area contributed by atoms with Crippen molar-refractivity contribution in [3.63, 3.8) is 0 Å². The normalized spacial score (nSPS) is 10.5. The van der Waals surface area contributed by atoms with Crippen molar-refractivity contribution >= 4 is 33.2 Å². The van der Waals surface area contributed by atoms with Crippen LogP contribution in [0, 0.1) is 0 Å². The first-order valence-corrected chi connectivity index (χ1v) is 6.70. The number of amides is 1. The molecule has 0 unspecified atom stereocenters. The van der Waals surface area contributed by atoms with Gasteiger partial charge in [0.2, 0.25) is 0 Å². The van der Waals surface area contributed by atoms with E-state index in [1.165, 1.54) is 11.3 Å². The Balaban J connectivity index is 1.83. The summed E-state index contributed by atoms with van der Waals surface area (Å²) in [6.45, 7) is 0.535. The van der Waals surface area contributed by atoms with E-state index in [2.05, 4.69) is 31.3 Å². The van der Waals surface area contributed by atoms with E-state index in [1.807, 2.05) is 18.5 Å². The van der Waals surface area contributed by atoms with E-state index in [0.29, 0.717) is 17.8 Å². The number of hydrogen-bond donors (Lipinski definition) is 1. The van der Waals surface area contributed by atoms with Crippen LogP contribution in [0.1, 0.15) is 15.5 Å². The number of halogens is 1. The third kappa shape index (κ3) is 3.13.